The normalized spacial score (nSPS) is 47.6. The van der Waals surface area contributed by atoms with Crippen molar-refractivity contribution in [2.75, 3.05) is 0 Å². The van der Waals surface area contributed by atoms with Crippen molar-refractivity contribution in [1.82, 2.24) is 5.32 Å². The molecule has 0 aromatic heterocycles. The van der Waals surface area contributed by atoms with E-state index in [-0.39, 0.29) is 47.3 Å². The number of hydrogen-bond acceptors (Lipinski definition) is 5. The highest BCUT2D eigenvalue weighted by Gasteiger charge is 2.78. The molecule has 1 saturated carbocycles. The molecule has 2 N–H and O–H groups in total. The van der Waals surface area contributed by atoms with Crippen LogP contribution in [-0.4, -0.2) is 46.4 Å². The smallest absolute Gasteiger partial charge is 0.331 e. The van der Waals surface area contributed by atoms with E-state index in [1.54, 1.807) is 6.08 Å². The molecule has 1 aromatic carbocycles. The van der Waals surface area contributed by atoms with Gasteiger partial charge in [-0.15, -0.1) is 0 Å². The molecule has 1 amide bonds. The van der Waals surface area contributed by atoms with Crippen molar-refractivity contribution in [2.24, 2.45) is 29.6 Å². The molecule has 1 aromatic rings. The second-order valence-corrected chi connectivity index (χ2v) is 10.9. The maximum absolute atomic E-state index is 13.8. The number of aliphatic hydroxyl groups excluding tert-OH is 1. The van der Waals surface area contributed by atoms with Crippen LogP contribution >= 0.6 is 0 Å². The summed E-state index contributed by atoms with van der Waals surface area (Å²) in [5.41, 5.74) is -0.574. The zero-order valence-corrected chi connectivity index (χ0v) is 20.3. The second kappa shape index (κ2) is 8.35. The Balaban J connectivity index is 1.58. The van der Waals surface area contributed by atoms with Gasteiger partial charge in [0.05, 0.1) is 23.7 Å². The Bertz CT molecular complexity index is 1020. The third-order valence-corrected chi connectivity index (χ3v) is 8.83. The molecule has 3 fully saturated rings. The van der Waals surface area contributed by atoms with E-state index in [0.717, 1.165) is 5.56 Å². The summed E-state index contributed by atoms with van der Waals surface area (Å²) >= 11 is 0. The van der Waals surface area contributed by atoms with E-state index in [9.17, 15) is 14.7 Å². The molecular weight excluding hydrogens is 430 g/mol. The monoisotopic (exact) mass is 465 g/mol. The molecule has 0 unspecified atom stereocenters. The molecule has 2 saturated heterocycles. The fourth-order valence-corrected chi connectivity index (χ4v) is 6.65. The zero-order valence-electron chi connectivity index (χ0n) is 20.3. The van der Waals surface area contributed by atoms with Gasteiger partial charge in [-0.25, -0.2) is 4.79 Å². The molecule has 1 spiro atoms. The standard InChI is InChI=1S/C28H35NO5/c1-16-9-8-12-20-25-27(4,34-25)18(3)23-21(15-19-10-6-5-7-11-19)29-26(32)28(20,23)33-22(30)14-13-17(2)24(16)31/h5-8,10-14,16-18,20-21,23-25,31H,9,15H2,1-4H3,(H,29,32)/b12-8+,14-13+/t16-,17-,18-,20-,21-,23-,24+,25-,27+,28+/m0/s1. The number of amides is 1. The summed E-state index contributed by atoms with van der Waals surface area (Å²) in [4.78, 5) is 26.9. The number of carbonyl (C=O) groups is 2. The van der Waals surface area contributed by atoms with E-state index in [1.807, 2.05) is 44.2 Å². The van der Waals surface area contributed by atoms with Gasteiger partial charge < -0.3 is 19.9 Å². The molecule has 1 aliphatic carbocycles. The molecular formula is C28H35NO5. The van der Waals surface area contributed by atoms with Crippen LogP contribution in [0.4, 0.5) is 0 Å². The molecule has 6 nitrogen and oxygen atoms in total. The van der Waals surface area contributed by atoms with Crippen LogP contribution < -0.4 is 5.32 Å². The second-order valence-electron chi connectivity index (χ2n) is 10.9. The minimum atomic E-state index is -1.33. The maximum Gasteiger partial charge on any atom is 0.331 e. The molecule has 4 aliphatic rings. The highest BCUT2D eigenvalue weighted by atomic mass is 16.6. The van der Waals surface area contributed by atoms with Crippen LogP contribution in [-0.2, 0) is 25.5 Å². The third kappa shape index (κ3) is 3.54. The summed E-state index contributed by atoms with van der Waals surface area (Å²) in [5, 5.41) is 13.8. The third-order valence-electron chi connectivity index (χ3n) is 8.83. The maximum atomic E-state index is 13.8. The van der Waals surface area contributed by atoms with E-state index in [0.29, 0.717) is 12.8 Å². The summed E-state index contributed by atoms with van der Waals surface area (Å²) in [6, 6.07) is 9.92. The lowest BCUT2D eigenvalue weighted by Crippen LogP contribution is -2.61. The summed E-state index contributed by atoms with van der Waals surface area (Å²) in [5.74, 6) is -1.60. The van der Waals surface area contributed by atoms with Crippen LogP contribution in [0, 0.1) is 29.6 Å². The number of aliphatic hydroxyl groups is 1. The number of rotatable bonds is 2. The first-order valence-corrected chi connectivity index (χ1v) is 12.5. The quantitative estimate of drug-likeness (QED) is 0.398. The number of nitrogens with one attached hydrogen (secondary N) is 1. The van der Waals surface area contributed by atoms with Gasteiger partial charge in [0.15, 0.2) is 0 Å². The van der Waals surface area contributed by atoms with Crippen LogP contribution in [0.2, 0.25) is 0 Å². The van der Waals surface area contributed by atoms with Gasteiger partial charge in [-0.2, -0.15) is 0 Å². The van der Waals surface area contributed by atoms with Gasteiger partial charge in [0.25, 0.3) is 5.91 Å². The van der Waals surface area contributed by atoms with Crippen LogP contribution in [0.1, 0.15) is 39.7 Å². The van der Waals surface area contributed by atoms with Crippen molar-refractivity contribution in [3.8, 4) is 0 Å². The molecule has 34 heavy (non-hydrogen) atoms. The number of fused-ring (bicyclic) bond motifs is 2. The first-order valence-electron chi connectivity index (χ1n) is 12.5. The predicted molar refractivity (Wildman–Crippen MR) is 128 cm³/mol. The van der Waals surface area contributed by atoms with Gasteiger partial charge in [-0.3, -0.25) is 4.79 Å². The number of ether oxygens (including phenoxy) is 2. The van der Waals surface area contributed by atoms with Crippen LogP contribution in [0.5, 0.6) is 0 Å². The largest absolute Gasteiger partial charge is 0.445 e. The number of epoxide rings is 1. The first kappa shape index (κ1) is 23.3. The van der Waals surface area contributed by atoms with Crippen LogP contribution in [0.3, 0.4) is 0 Å². The highest BCUT2D eigenvalue weighted by Crippen LogP contribution is 2.63. The molecule has 5 rings (SSSR count). The van der Waals surface area contributed by atoms with Crippen LogP contribution in [0.15, 0.2) is 54.6 Å². The predicted octanol–water partition coefficient (Wildman–Crippen LogP) is 3.20. The van der Waals surface area contributed by atoms with Gasteiger partial charge in [0.2, 0.25) is 5.60 Å². The topological polar surface area (TPSA) is 88.2 Å². The lowest BCUT2D eigenvalue weighted by molar-refractivity contribution is -0.177. The molecule has 0 radical (unpaired) electrons. The first-order chi connectivity index (χ1) is 16.2. The van der Waals surface area contributed by atoms with Crippen molar-refractivity contribution in [3.63, 3.8) is 0 Å². The van der Waals surface area contributed by atoms with Crippen molar-refractivity contribution in [1.29, 1.82) is 0 Å². The number of hydrogen-bond donors (Lipinski definition) is 2. The Morgan fingerprint density at radius 1 is 1.12 bits per heavy atom. The summed E-state index contributed by atoms with van der Waals surface area (Å²) in [6.45, 7) is 8.11. The Hall–Kier alpha value is -2.44. The molecule has 0 bridgehead atoms. The van der Waals surface area contributed by atoms with E-state index >= 15 is 0 Å². The van der Waals surface area contributed by atoms with Gasteiger partial charge in [0, 0.05) is 24.0 Å². The van der Waals surface area contributed by atoms with Crippen molar-refractivity contribution in [2.45, 2.75) is 70.0 Å². The lowest BCUT2D eigenvalue weighted by atomic mass is 9.59. The lowest BCUT2D eigenvalue weighted by Gasteiger charge is -2.45. The highest BCUT2D eigenvalue weighted by molar-refractivity contribution is 5.94. The summed E-state index contributed by atoms with van der Waals surface area (Å²) < 4.78 is 12.5. The van der Waals surface area contributed by atoms with Crippen molar-refractivity contribution < 1.29 is 24.2 Å². The Morgan fingerprint density at radius 3 is 2.59 bits per heavy atom. The number of benzene rings is 1. The number of esters is 1. The average molecular weight is 466 g/mol. The summed E-state index contributed by atoms with van der Waals surface area (Å²) in [7, 11) is 0. The fourth-order valence-electron chi connectivity index (χ4n) is 6.65. The molecule has 3 aliphatic heterocycles. The Labute approximate surface area is 201 Å². The SMILES string of the molecule is C[C@H]1/C=C/C(=O)O[C@@]23C(=O)N[C@@H](Cc4ccccc4)[C@@H]2[C@H](C)[C@@]2(C)O[C@H]2[C@@H]3/C=C/C[C@H](C)[C@H]1O. The van der Waals surface area contributed by atoms with Gasteiger partial charge in [-0.05, 0) is 37.2 Å². The summed E-state index contributed by atoms with van der Waals surface area (Å²) in [6.07, 6.45) is 7.65. The molecule has 10 atom stereocenters. The van der Waals surface area contributed by atoms with Crippen molar-refractivity contribution in [3.05, 3.63) is 60.2 Å². The van der Waals surface area contributed by atoms with E-state index in [4.69, 9.17) is 9.47 Å². The van der Waals surface area contributed by atoms with Gasteiger partial charge in [-0.1, -0.05) is 69.3 Å². The van der Waals surface area contributed by atoms with E-state index in [1.165, 1.54) is 6.08 Å². The van der Waals surface area contributed by atoms with E-state index in [2.05, 4.69) is 31.3 Å². The minimum absolute atomic E-state index is 0.00958. The average Bonchev–Trinajstić information content (AvgIpc) is 3.43. The minimum Gasteiger partial charge on any atom is -0.445 e. The molecule has 6 heteroatoms. The van der Waals surface area contributed by atoms with Gasteiger partial charge in [0.1, 0.15) is 0 Å². The van der Waals surface area contributed by atoms with Crippen molar-refractivity contribution >= 4 is 11.9 Å². The molecule has 182 valence electrons. The zero-order chi connectivity index (χ0) is 24.3. The Kier molecular flexibility index (Phi) is 5.72. The van der Waals surface area contributed by atoms with Gasteiger partial charge >= 0.3 is 5.97 Å². The Morgan fingerprint density at radius 2 is 1.85 bits per heavy atom. The fraction of sp³-hybridized carbons (Fsp3) is 0.571. The van der Waals surface area contributed by atoms with E-state index < -0.39 is 23.6 Å². The number of carbonyl (C=O) groups excluding carboxylic acids is 2. The van der Waals surface area contributed by atoms with Crippen LogP contribution in [0.25, 0.3) is 0 Å². The molecule has 3 heterocycles. The number of allylic oxidation sites excluding steroid dienone is 1.